The van der Waals surface area contributed by atoms with Gasteiger partial charge in [0.15, 0.2) is 0 Å². The number of fused-ring (bicyclic) bond motifs is 6. The van der Waals surface area contributed by atoms with Crippen LogP contribution in [0.1, 0.15) is 66.8 Å². The molecular formula is C44H32Br2S2. The van der Waals surface area contributed by atoms with Crippen molar-refractivity contribution in [2.75, 3.05) is 0 Å². The van der Waals surface area contributed by atoms with E-state index < -0.39 is 10.8 Å². The highest BCUT2D eigenvalue weighted by atomic mass is 79.9. The summed E-state index contributed by atoms with van der Waals surface area (Å²) in [6.45, 7) is 8.71. The summed E-state index contributed by atoms with van der Waals surface area (Å²) in [6, 6.07) is 46.9. The average molecular weight is 785 g/mol. The smallest absolute Gasteiger partial charge is 0.0722 e. The van der Waals surface area contributed by atoms with Crippen molar-refractivity contribution in [2.45, 2.75) is 38.5 Å². The van der Waals surface area contributed by atoms with E-state index in [-0.39, 0.29) is 0 Å². The topological polar surface area (TPSA) is 0 Å². The summed E-state index contributed by atoms with van der Waals surface area (Å²) in [5.41, 5.74) is 17.5. The van der Waals surface area contributed by atoms with Crippen LogP contribution in [-0.4, -0.2) is 0 Å². The Balaban J connectivity index is 1.44. The minimum Gasteiger partial charge on any atom is -0.128 e. The zero-order valence-electron chi connectivity index (χ0n) is 27.1. The molecule has 2 heterocycles. The SMILES string of the molecule is Cc1ccc(C2(c3ccc(C)cc3)c3cc4c(cc3-c3sc(Br)cc32)C(c2ccc(C)cc2)(c2ccc(C)cc2)c2cc(Br)sc2-4)cc1. The quantitative estimate of drug-likeness (QED) is 0.167. The lowest BCUT2D eigenvalue weighted by atomic mass is 9.66. The molecule has 2 aliphatic carbocycles. The lowest BCUT2D eigenvalue weighted by molar-refractivity contribution is 0.759. The van der Waals surface area contributed by atoms with Crippen molar-refractivity contribution < 1.29 is 0 Å². The molecule has 0 saturated heterocycles. The van der Waals surface area contributed by atoms with Crippen molar-refractivity contribution in [1.82, 2.24) is 0 Å². The van der Waals surface area contributed by atoms with E-state index in [0.29, 0.717) is 0 Å². The predicted octanol–water partition coefficient (Wildman–Crippen LogP) is 13.3. The van der Waals surface area contributed by atoms with E-state index in [0.717, 1.165) is 7.57 Å². The summed E-state index contributed by atoms with van der Waals surface area (Å²) in [6.07, 6.45) is 0. The molecule has 2 aromatic heterocycles. The zero-order chi connectivity index (χ0) is 32.9. The van der Waals surface area contributed by atoms with E-state index in [4.69, 9.17) is 0 Å². The molecule has 0 fully saturated rings. The first-order valence-corrected chi connectivity index (χ1v) is 19.5. The van der Waals surface area contributed by atoms with Gasteiger partial charge in [0.05, 0.1) is 18.4 Å². The number of thiophene rings is 2. The molecule has 5 aromatic carbocycles. The molecule has 0 saturated carbocycles. The molecule has 0 amide bonds. The standard InChI is InChI=1S/C44H32Br2S2/c1-25-5-13-29(14-6-25)43(30-15-7-26(2)8-16-30)35-21-34-36(22-33(35)41-37(43)23-39(45)47-41)44(31-17-9-27(3)10-18-31,32-19-11-28(4)12-20-32)38-24-40(46)48-42(34)38/h5-24H,1-4H3. The van der Waals surface area contributed by atoms with Crippen LogP contribution in [0.3, 0.4) is 0 Å². The fourth-order valence-electron chi connectivity index (χ4n) is 8.36. The highest BCUT2D eigenvalue weighted by Crippen LogP contribution is 2.65. The van der Waals surface area contributed by atoms with Gasteiger partial charge in [0.25, 0.3) is 0 Å². The molecule has 2 aliphatic rings. The summed E-state index contributed by atoms with van der Waals surface area (Å²) in [5.74, 6) is 0. The maximum atomic E-state index is 3.94. The second kappa shape index (κ2) is 11.0. The van der Waals surface area contributed by atoms with E-state index in [2.05, 4.69) is 181 Å². The molecule has 0 nitrogen and oxygen atoms in total. The number of rotatable bonds is 4. The van der Waals surface area contributed by atoms with Gasteiger partial charge in [0.2, 0.25) is 0 Å². The number of halogens is 2. The molecule has 0 bridgehead atoms. The maximum Gasteiger partial charge on any atom is 0.0722 e. The fraction of sp³-hybridized carbons (Fsp3) is 0.136. The molecule has 234 valence electrons. The number of hydrogen-bond acceptors (Lipinski definition) is 2. The van der Waals surface area contributed by atoms with Gasteiger partial charge >= 0.3 is 0 Å². The monoisotopic (exact) mass is 782 g/mol. The Morgan fingerprint density at radius 2 is 0.646 bits per heavy atom. The maximum absolute atomic E-state index is 3.94. The third-order valence-corrected chi connectivity index (χ3v) is 13.9. The van der Waals surface area contributed by atoms with Crippen molar-refractivity contribution >= 4 is 54.5 Å². The van der Waals surface area contributed by atoms with Gasteiger partial charge in [0.1, 0.15) is 0 Å². The van der Waals surface area contributed by atoms with Crippen molar-refractivity contribution in [3.63, 3.8) is 0 Å². The molecule has 0 atom stereocenters. The van der Waals surface area contributed by atoms with Gasteiger partial charge in [-0.05, 0) is 139 Å². The van der Waals surface area contributed by atoms with Crippen LogP contribution in [0.25, 0.3) is 20.9 Å². The highest BCUT2D eigenvalue weighted by Gasteiger charge is 2.52. The van der Waals surface area contributed by atoms with Crippen LogP contribution in [0.4, 0.5) is 0 Å². The van der Waals surface area contributed by atoms with Gasteiger partial charge in [-0.1, -0.05) is 119 Å². The van der Waals surface area contributed by atoms with Gasteiger partial charge in [-0.15, -0.1) is 22.7 Å². The van der Waals surface area contributed by atoms with Gasteiger partial charge in [-0.2, -0.15) is 0 Å². The molecular weight excluding hydrogens is 752 g/mol. The van der Waals surface area contributed by atoms with Crippen molar-refractivity contribution in [1.29, 1.82) is 0 Å². The Labute approximate surface area is 307 Å². The molecule has 0 unspecified atom stereocenters. The second-order valence-corrected chi connectivity index (χ2v) is 18.4. The Morgan fingerprint density at radius 3 is 0.917 bits per heavy atom. The van der Waals surface area contributed by atoms with Gasteiger partial charge in [-0.25, -0.2) is 0 Å². The summed E-state index contributed by atoms with van der Waals surface area (Å²) in [4.78, 5) is 2.69. The van der Waals surface area contributed by atoms with Crippen LogP contribution in [0, 0.1) is 27.7 Å². The first kappa shape index (κ1) is 30.5. The van der Waals surface area contributed by atoms with Crippen LogP contribution in [0.2, 0.25) is 0 Å². The van der Waals surface area contributed by atoms with Crippen LogP contribution >= 0.6 is 54.5 Å². The van der Waals surface area contributed by atoms with Crippen molar-refractivity contribution in [2.24, 2.45) is 0 Å². The van der Waals surface area contributed by atoms with Crippen LogP contribution < -0.4 is 0 Å². The lowest BCUT2D eigenvalue weighted by Gasteiger charge is -2.35. The predicted molar refractivity (Wildman–Crippen MR) is 211 cm³/mol. The normalized spacial score (nSPS) is 14.8. The van der Waals surface area contributed by atoms with Crippen molar-refractivity contribution in [3.05, 3.63) is 196 Å². The minimum atomic E-state index is -0.447. The molecule has 0 aliphatic heterocycles. The highest BCUT2D eigenvalue weighted by molar-refractivity contribution is 9.11. The summed E-state index contributed by atoms with van der Waals surface area (Å²) in [7, 11) is 0. The number of aryl methyl sites for hydroxylation is 4. The van der Waals surface area contributed by atoms with Crippen molar-refractivity contribution in [3.8, 4) is 20.9 Å². The number of hydrogen-bond donors (Lipinski definition) is 0. The number of benzene rings is 5. The van der Waals surface area contributed by atoms with E-state index in [1.54, 1.807) is 0 Å². The lowest BCUT2D eigenvalue weighted by Crippen LogP contribution is -2.30. The average Bonchev–Trinajstić information content (AvgIpc) is 3.79. The summed E-state index contributed by atoms with van der Waals surface area (Å²) < 4.78 is 2.32. The van der Waals surface area contributed by atoms with Gasteiger partial charge < -0.3 is 0 Å². The first-order chi connectivity index (χ1) is 23.2. The molecule has 0 N–H and O–H groups in total. The molecule has 48 heavy (non-hydrogen) atoms. The first-order valence-electron chi connectivity index (χ1n) is 16.3. The second-order valence-electron chi connectivity index (χ2n) is 13.5. The van der Waals surface area contributed by atoms with Crippen LogP contribution in [0.5, 0.6) is 0 Å². The van der Waals surface area contributed by atoms with E-state index in [1.807, 2.05) is 22.7 Å². The Morgan fingerprint density at radius 1 is 0.375 bits per heavy atom. The molecule has 4 heteroatoms. The van der Waals surface area contributed by atoms with Gasteiger partial charge in [-0.3, -0.25) is 0 Å². The van der Waals surface area contributed by atoms with E-state index in [9.17, 15) is 0 Å². The molecule has 0 spiro atoms. The molecule has 9 rings (SSSR count). The zero-order valence-corrected chi connectivity index (χ0v) is 31.9. The summed E-state index contributed by atoms with van der Waals surface area (Å²) >= 11 is 11.6. The summed E-state index contributed by atoms with van der Waals surface area (Å²) in [5, 5.41) is 0. The Hall–Kier alpha value is -3.54. The Kier molecular flexibility index (Phi) is 6.98. The fourth-order valence-corrected chi connectivity index (χ4v) is 11.7. The third kappa shape index (κ3) is 4.16. The van der Waals surface area contributed by atoms with E-state index >= 15 is 0 Å². The van der Waals surface area contributed by atoms with Crippen LogP contribution in [0.15, 0.2) is 129 Å². The van der Waals surface area contributed by atoms with E-state index in [1.165, 1.54) is 87.6 Å². The molecule has 7 aromatic rings. The molecule has 0 radical (unpaired) electrons. The largest absolute Gasteiger partial charge is 0.128 e. The minimum absolute atomic E-state index is 0.447. The Bertz CT molecular complexity index is 2110. The van der Waals surface area contributed by atoms with Crippen LogP contribution in [-0.2, 0) is 10.8 Å². The third-order valence-electron chi connectivity index (χ3n) is 10.6. The van der Waals surface area contributed by atoms with Gasteiger partial charge in [0, 0.05) is 9.75 Å².